The summed E-state index contributed by atoms with van der Waals surface area (Å²) in [6, 6.07) is 10.2. The lowest BCUT2D eigenvalue weighted by atomic mass is 9.88. The number of allylic oxidation sites excluding steroid dienone is 1. The number of methoxy groups -OCH3 is 1. The first-order valence-corrected chi connectivity index (χ1v) is 13.0. The molecule has 0 saturated heterocycles. The fourth-order valence-electron chi connectivity index (χ4n) is 5.23. The van der Waals surface area contributed by atoms with Gasteiger partial charge >= 0.3 is 0 Å². The van der Waals surface area contributed by atoms with E-state index in [0.717, 1.165) is 64.2 Å². The van der Waals surface area contributed by atoms with Crippen LogP contribution in [-0.4, -0.2) is 27.8 Å². The van der Waals surface area contributed by atoms with E-state index in [1.54, 1.807) is 30.3 Å². The quantitative estimate of drug-likeness (QED) is 0.195. The van der Waals surface area contributed by atoms with Crippen LogP contribution in [0.4, 0.5) is 5.69 Å². The van der Waals surface area contributed by atoms with Crippen LogP contribution >= 0.6 is 11.6 Å². The molecule has 1 amide bonds. The molecule has 7 heteroatoms. The molecule has 2 aromatic heterocycles. The van der Waals surface area contributed by atoms with Crippen LogP contribution < -0.4 is 4.90 Å². The lowest BCUT2D eigenvalue weighted by Crippen LogP contribution is -2.37. The van der Waals surface area contributed by atoms with Crippen molar-refractivity contribution in [1.82, 2.24) is 14.8 Å². The van der Waals surface area contributed by atoms with Crippen molar-refractivity contribution in [3.63, 3.8) is 0 Å². The zero-order chi connectivity index (χ0) is 25.9. The Bertz CT molecular complexity index is 1500. The van der Waals surface area contributed by atoms with Crippen molar-refractivity contribution in [3.05, 3.63) is 83.5 Å². The predicted octanol–water partition coefficient (Wildman–Crippen LogP) is 7.06. The van der Waals surface area contributed by atoms with Crippen LogP contribution in [0.2, 0.25) is 5.02 Å². The molecule has 37 heavy (non-hydrogen) atoms. The Hall–Kier alpha value is -3.64. The maximum Gasteiger partial charge on any atom is 0.230 e. The zero-order valence-electron chi connectivity index (χ0n) is 21.3. The number of aromatic nitrogens is 3. The third-order valence-electron chi connectivity index (χ3n) is 7.22. The minimum absolute atomic E-state index is 0.00967. The number of ether oxygens (including phenoxy) is 1. The average Bonchev–Trinajstić information content (AvgIpc) is 3.31. The number of benzene rings is 2. The summed E-state index contributed by atoms with van der Waals surface area (Å²) in [6.07, 6.45) is 14.2. The number of hydrogen-bond acceptors (Lipinski definition) is 4. The van der Waals surface area contributed by atoms with Gasteiger partial charge in [0.1, 0.15) is 5.76 Å². The van der Waals surface area contributed by atoms with E-state index in [1.165, 1.54) is 6.42 Å². The molecular formula is C30H31ClN4O2. The van der Waals surface area contributed by atoms with Crippen molar-refractivity contribution in [2.24, 2.45) is 13.0 Å². The summed E-state index contributed by atoms with van der Waals surface area (Å²) >= 11 is 6.99. The smallest absolute Gasteiger partial charge is 0.230 e. The second kappa shape index (κ2) is 10.8. The molecule has 6 nitrogen and oxygen atoms in total. The van der Waals surface area contributed by atoms with Crippen LogP contribution in [0.5, 0.6) is 0 Å². The Morgan fingerprint density at radius 2 is 2.00 bits per heavy atom. The van der Waals surface area contributed by atoms with Gasteiger partial charge in [-0.3, -0.25) is 14.5 Å². The number of aryl methyl sites for hydroxylation is 1. The number of pyridine rings is 1. The van der Waals surface area contributed by atoms with Crippen molar-refractivity contribution in [3.8, 4) is 0 Å². The SMILES string of the molecule is C=C(/C=C/c1cncc(N(Cc2cccc3cc4cnn(C)c4c(Cl)c23)C(=O)C2CCCCC2)c1)OC. The van der Waals surface area contributed by atoms with E-state index in [0.29, 0.717) is 17.3 Å². The van der Waals surface area contributed by atoms with Crippen molar-refractivity contribution in [2.45, 2.75) is 38.6 Å². The molecule has 2 aromatic carbocycles. The Morgan fingerprint density at radius 3 is 2.78 bits per heavy atom. The van der Waals surface area contributed by atoms with Gasteiger partial charge in [-0.05, 0) is 53.6 Å². The minimum Gasteiger partial charge on any atom is -0.497 e. The number of hydrogen-bond donors (Lipinski definition) is 0. The first-order chi connectivity index (χ1) is 18.0. The van der Waals surface area contributed by atoms with Crippen molar-refractivity contribution < 1.29 is 9.53 Å². The van der Waals surface area contributed by atoms with E-state index >= 15 is 0 Å². The topological polar surface area (TPSA) is 60.2 Å². The van der Waals surface area contributed by atoms with E-state index < -0.39 is 0 Å². The predicted molar refractivity (Wildman–Crippen MR) is 150 cm³/mol. The summed E-state index contributed by atoms with van der Waals surface area (Å²) in [5.74, 6) is 0.696. The molecule has 1 fully saturated rings. The van der Waals surface area contributed by atoms with Crippen LogP contribution in [0.3, 0.4) is 0 Å². The molecule has 1 saturated carbocycles. The molecule has 0 aliphatic heterocycles. The van der Waals surface area contributed by atoms with Crippen LogP contribution in [0, 0.1) is 5.92 Å². The molecule has 2 heterocycles. The molecule has 0 bridgehead atoms. The maximum atomic E-state index is 14.0. The first-order valence-electron chi connectivity index (χ1n) is 12.7. The second-order valence-corrected chi connectivity index (χ2v) is 10.0. The van der Waals surface area contributed by atoms with Crippen LogP contribution in [0.1, 0.15) is 43.2 Å². The highest BCUT2D eigenvalue weighted by Crippen LogP contribution is 2.36. The minimum atomic E-state index is 0.00967. The van der Waals surface area contributed by atoms with E-state index in [4.69, 9.17) is 16.3 Å². The number of carbonyl (C=O) groups is 1. The van der Waals surface area contributed by atoms with Gasteiger partial charge in [0.15, 0.2) is 0 Å². The van der Waals surface area contributed by atoms with Gasteiger partial charge in [0.2, 0.25) is 5.91 Å². The third-order valence-corrected chi connectivity index (χ3v) is 7.59. The first kappa shape index (κ1) is 25.0. The molecule has 0 spiro atoms. The van der Waals surface area contributed by atoms with Gasteiger partial charge < -0.3 is 9.64 Å². The maximum absolute atomic E-state index is 14.0. The fraction of sp³-hybridized carbons (Fsp3) is 0.300. The van der Waals surface area contributed by atoms with Gasteiger partial charge in [0.25, 0.3) is 0 Å². The standard InChI is InChI=1S/C30H31ClN4O2/c1-20(37-3)12-13-21-14-26(18-32-16-21)35(30(36)22-8-5-4-6-9-22)19-24-11-7-10-23-15-25-17-33-34(2)29(25)28(31)27(23)24/h7,10-18,22H,1,4-6,8-9,19H2,2-3H3/b13-12+. The molecule has 190 valence electrons. The lowest BCUT2D eigenvalue weighted by molar-refractivity contribution is -0.123. The Balaban J connectivity index is 1.59. The highest BCUT2D eigenvalue weighted by Gasteiger charge is 2.28. The molecule has 1 aliphatic carbocycles. The Kier molecular flexibility index (Phi) is 7.28. The third kappa shape index (κ3) is 5.12. The number of rotatable bonds is 7. The van der Waals surface area contributed by atoms with Gasteiger partial charge in [-0.1, -0.05) is 55.6 Å². The summed E-state index contributed by atoms with van der Waals surface area (Å²) < 4.78 is 6.94. The van der Waals surface area contributed by atoms with Crippen molar-refractivity contribution in [1.29, 1.82) is 0 Å². The summed E-state index contributed by atoms with van der Waals surface area (Å²) in [5.41, 5.74) is 3.50. The summed E-state index contributed by atoms with van der Waals surface area (Å²) in [6.45, 7) is 4.24. The highest BCUT2D eigenvalue weighted by atomic mass is 35.5. The van der Waals surface area contributed by atoms with E-state index in [1.807, 2.05) is 36.4 Å². The van der Waals surface area contributed by atoms with Gasteiger partial charge in [-0.2, -0.15) is 5.10 Å². The highest BCUT2D eigenvalue weighted by molar-refractivity contribution is 6.40. The van der Waals surface area contributed by atoms with E-state index in [9.17, 15) is 4.79 Å². The summed E-state index contributed by atoms with van der Waals surface area (Å²) in [5, 5.41) is 8.01. The van der Waals surface area contributed by atoms with Gasteiger partial charge in [-0.15, -0.1) is 0 Å². The molecule has 1 aliphatic rings. The number of amides is 1. The van der Waals surface area contributed by atoms with Crippen LogP contribution in [0.25, 0.3) is 27.8 Å². The molecule has 5 rings (SSSR count). The normalized spacial score (nSPS) is 14.5. The zero-order valence-corrected chi connectivity index (χ0v) is 22.0. The average molecular weight is 515 g/mol. The largest absolute Gasteiger partial charge is 0.497 e. The number of carbonyl (C=O) groups excluding carboxylic acids is 1. The van der Waals surface area contributed by atoms with Crippen LogP contribution in [-0.2, 0) is 23.1 Å². The monoisotopic (exact) mass is 514 g/mol. The van der Waals surface area contributed by atoms with Gasteiger partial charge in [0, 0.05) is 29.9 Å². The lowest BCUT2D eigenvalue weighted by Gasteiger charge is -2.30. The van der Waals surface area contributed by atoms with Crippen molar-refractivity contribution in [2.75, 3.05) is 12.0 Å². The number of halogens is 1. The summed E-state index contributed by atoms with van der Waals surface area (Å²) in [7, 11) is 3.48. The van der Waals surface area contributed by atoms with Gasteiger partial charge in [-0.25, -0.2) is 0 Å². The number of fused-ring (bicyclic) bond motifs is 2. The number of nitrogens with zero attached hydrogens (tertiary/aromatic N) is 4. The second-order valence-electron chi connectivity index (χ2n) is 9.65. The van der Waals surface area contributed by atoms with E-state index in [2.05, 4.69) is 34.9 Å². The molecule has 0 atom stereocenters. The van der Waals surface area contributed by atoms with Crippen molar-refractivity contribution >= 4 is 50.9 Å². The van der Waals surface area contributed by atoms with E-state index in [-0.39, 0.29) is 11.8 Å². The van der Waals surface area contributed by atoms with Crippen LogP contribution in [0.15, 0.2) is 67.3 Å². The molecule has 4 aromatic rings. The molecule has 0 unspecified atom stereocenters. The molecule has 0 radical (unpaired) electrons. The number of anilines is 1. The Labute approximate surface area is 222 Å². The van der Waals surface area contributed by atoms with Gasteiger partial charge in [0.05, 0.1) is 42.3 Å². The fourth-order valence-corrected chi connectivity index (χ4v) is 5.69. The molecular weight excluding hydrogens is 484 g/mol. The Morgan fingerprint density at radius 1 is 1.19 bits per heavy atom. The summed E-state index contributed by atoms with van der Waals surface area (Å²) in [4.78, 5) is 20.3. The molecule has 0 N–H and O–H groups in total.